The zero-order valence-corrected chi connectivity index (χ0v) is 11.8. The lowest BCUT2D eigenvalue weighted by atomic mass is 10.1. The van der Waals surface area contributed by atoms with E-state index in [2.05, 4.69) is 11.4 Å². The second-order valence-corrected chi connectivity index (χ2v) is 4.60. The Labute approximate surface area is 120 Å². The number of hydrogen-bond donors (Lipinski definition) is 3. The van der Waals surface area contributed by atoms with Gasteiger partial charge in [-0.2, -0.15) is 0 Å². The van der Waals surface area contributed by atoms with Gasteiger partial charge in [0.05, 0.1) is 13.0 Å². The van der Waals surface area contributed by atoms with Crippen LogP contribution in [0.4, 0.5) is 0 Å². The van der Waals surface area contributed by atoms with E-state index in [0.717, 1.165) is 11.1 Å². The third-order valence-corrected chi connectivity index (χ3v) is 2.88. The predicted octanol–water partition coefficient (Wildman–Crippen LogP) is 0.941. The highest BCUT2D eigenvalue weighted by Crippen LogP contribution is 2.04. The van der Waals surface area contributed by atoms with Gasteiger partial charge in [-0.3, -0.25) is 4.79 Å². The molecule has 0 spiro atoms. The lowest BCUT2D eigenvalue weighted by Crippen LogP contribution is -2.19. The Hall–Kier alpha value is -1.43. The van der Waals surface area contributed by atoms with Gasteiger partial charge in [0.15, 0.2) is 0 Å². The summed E-state index contributed by atoms with van der Waals surface area (Å²) in [4.78, 5) is 11.4. The van der Waals surface area contributed by atoms with Crippen molar-refractivity contribution in [3.8, 4) is 0 Å². The molecule has 0 aliphatic carbocycles. The van der Waals surface area contributed by atoms with Gasteiger partial charge in [-0.1, -0.05) is 24.3 Å². The van der Waals surface area contributed by atoms with Gasteiger partial charge in [-0.05, 0) is 24.0 Å². The van der Waals surface area contributed by atoms with E-state index in [0.29, 0.717) is 45.5 Å². The van der Waals surface area contributed by atoms with Gasteiger partial charge in [0.25, 0.3) is 0 Å². The van der Waals surface area contributed by atoms with Crippen LogP contribution in [0.5, 0.6) is 0 Å². The lowest BCUT2D eigenvalue weighted by molar-refractivity contribution is -0.143. The molecule has 0 radical (unpaired) electrons. The van der Waals surface area contributed by atoms with E-state index in [1.54, 1.807) is 0 Å². The summed E-state index contributed by atoms with van der Waals surface area (Å²) in [6, 6.07) is 8.06. The van der Waals surface area contributed by atoms with Crippen molar-refractivity contribution in [1.29, 1.82) is 0 Å². The molecule has 0 saturated carbocycles. The fourth-order valence-electron chi connectivity index (χ4n) is 1.76. The van der Waals surface area contributed by atoms with Crippen LogP contribution in [0.1, 0.15) is 30.4 Å². The molecule has 5 heteroatoms. The quantitative estimate of drug-likeness (QED) is 0.439. The molecule has 112 valence electrons. The van der Waals surface area contributed by atoms with Crippen LogP contribution in [0, 0.1) is 0 Å². The summed E-state index contributed by atoms with van der Waals surface area (Å²) in [5, 5.41) is 11.8. The number of ether oxygens (including phenoxy) is 1. The summed E-state index contributed by atoms with van der Waals surface area (Å²) in [7, 11) is 0. The van der Waals surface area contributed by atoms with E-state index in [9.17, 15) is 4.79 Å². The van der Waals surface area contributed by atoms with Gasteiger partial charge in [-0.15, -0.1) is 0 Å². The minimum atomic E-state index is -0.203. The lowest BCUT2D eigenvalue weighted by Gasteiger charge is -2.07. The van der Waals surface area contributed by atoms with Crippen LogP contribution in [0.3, 0.4) is 0 Å². The summed E-state index contributed by atoms with van der Waals surface area (Å²) in [5.41, 5.74) is 7.84. The number of rotatable bonds is 10. The van der Waals surface area contributed by atoms with Crippen molar-refractivity contribution < 1.29 is 14.6 Å². The predicted molar refractivity (Wildman–Crippen MR) is 77.9 cm³/mol. The molecule has 20 heavy (non-hydrogen) atoms. The van der Waals surface area contributed by atoms with Crippen LogP contribution < -0.4 is 11.1 Å². The molecule has 1 aromatic rings. The van der Waals surface area contributed by atoms with E-state index in [-0.39, 0.29) is 12.6 Å². The zero-order chi connectivity index (χ0) is 14.6. The van der Waals surface area contributed by atoms with Crippen molar-refractivity contribution in [1.82, 2.24) is 5.32 Å². The van der Waals surface area contributed by atoms with Crippen LogP contribution in [0.2, 0.25) is 0 Å². The first-order chi connectivity index (χ1) is 9.76. The molecule has 0 saturated heterocycles. The highest BCUT2D eigenvalue weighted by atomic mass is 16.5. The first-order valence-corrected chi connectivity index (χ1v) is 7.01. The second-order valence-electron chi connectivity index (χ2n) is 4.60. The molecule has 0 aliphatic heterocycles. The fraction of sp³-hybridized carbons (Fsp3) is 0.533. The summed E-state index contributed by atoms with van der Waals surface area (Å²) >= 11 is 0. The number of nitrogens with one attached hydrogen (secondary N) is 1. The molecule has 0 aromatic heterocycles. The number of esters is 1. The Bertz CT molecular complexity index is 396. The average Bonchev–Trinajstić information content (AvgIpc) is 2.48. The molecule has 0 fully saturated rings. The monoisotopic (exact) mass is 280 g/mol. The zero-order valence-electron chi connectivity index (χ0n) is 11.8. The first-order valence-electron chi connectivity index (χ1n) is 7.01. The Morgan fingerprint density at radius 2 is 2.10 bits per heavy atom. The molecule has 0 atom stereocenters. The highest BCUT2D eigenvalue weighted by Gasteiger charge is 2.02. The maximum Gasteiger partial charge on any atom is 0.307 e. The Balaban J connectivity index is 2.10. The molecule has 0 unspecified atom stereocenters. The number of nitrogens with two attached hydrogens (primary N) is 1. The van der Waals surface area contributed by atoms with E-state index in [1.807, 2.05) is 18.2 Å². The normalized spacial score (nSPS) is 10.5. The van der Waals surface area contributed by atoms with E-state index >= 15 is 0 Å². The van der Waals surface area contributed by atoms with Crippen molar-refractivity contribution in [2.24, 2.45) is 5.73 Å². The molecule has 1 aromatic carbocycles. The van der Waals surface area contributed by atoms with Gasteiger partial charge in [0.2, 0.25) is 0 Å². The van der Waals surface area contributed by atoms with E-state index in [1.165, 1.54) is 0 Å². The van der Waals surface area contributed by atoms with Crippen molar-refractivity contribution in [3.63, 3.8) is 0 Å². The maximum absolute atomic E-state index is 11.4. The van der Waals surface area contributed by atoms with E-state index < -0.39 is 0 Å². The molecular formula is C15H24N2O3. The number of unbranched alkanes of at least 4 members (excludes halogenated alkanes) is 1. The van der Waals surface area contributed by atoms with Crippen LogP contribution in [0.25, 0.3) is 0 Å². The summed E-state index contributed by atoms with van der Waals surface area (Å²) in [6.07, 6.45) is 1.74. The van der Waals surface area contributed by atoms with Crippen molar-refractivity contribution >= 4 is 5.97 Å². The molecule has 0 bridgehead atoms. The van der Waals surface area contributed by atoms with E-state index in [4.69, 9.17) is 15.6 Å². The first kappa shape index (κ1) is 16.6. The largest absolute Gasteiger partial charge is 0.466 e. The Morgan fingerprint density at radius 3 is 2.85 bits per heavy atom. The van der Waals surface area contributed by atoms with Crippen molar-refractivity contribution in [3.05, 3.63) is 35.4 Å². The average molecular weight is 280 g/mol. The van der Waals surface area contributed by atoms with Crippen LogP contribution in [-0.2, 0) is 22.6 Å². The van der Waals surface area contributed by atoms with Crippen LogP contribution in [0.15, 0.2) is 24.3 Å². The minimum Gasteiger partial charge on any atom is -0.466 e. The second kappa shape index (κ2) is 10.4. The van der Waals surface area contributed by atoms with Crippen molar-refractivity contribution in [2.75, 3.05) is 19.8 Å². The summed E-state index contributed by atoms with van der Waals surface area (Å²) in [6.45, 7) is 2.37. The molecular weight excluding hydrogens is 256 g/mol. The highest BCUT2D eigenvalue weighted by molar-refractivity contribution is 5.69. The maximum atomic E-state index is 11.4. The van der Waals surface area contributed by atoms with Gasteiger partial charge < -0.3 is 20.9 Å². The molecule has 5 nitrogen and oxygen atoms in total. The number of benzene rings is 1. The SMILES string of the molecule is NCc1cccc(CNCCC(=O)OCCCCO)c1. The number of aliphatic hydroxyl groups excluding tert-OH is 1. The van der Waals surface area contributed by atoms with Crippen LogP contribution >= 0.6 is 0 Å². The molecule has 4 N–H and O–H groups in total. The summed E-state index contributed by atoms with van der Waals surface area (Å²) in [5.74, 6) is -0.203. The number of carbonyl (C=O) groups excluding carboxylic acids is 1. The third kappa shape index (κ3) is 7.23. The number of hydrogen-bond acceptors (Lipinski definition) is 5. The molecule has 1 rings (SSSR count). The minimum absolute atomic E-state index is 0.140. The Kier molecular flexibility index (Phi) is 8.62. The fourth-order valence-corrected chi connectivity index (χ4v) is 1.76. The topological polar surface area (TPSA) is 84.6 Å². The molecule has 0 amide bonds. The van der Waals surface area contributed by atoms with Crippen molar-refractivity contribution in [2.45, 2.75) is 32.4 Å². The standard InChI is InChI=1S/C15H24N2O3/c16-11-13-4-3-5-14(10-13)12-17-7-6-15(19)20-9-2-1-8-18/h3-5,10,17-18H,1-2,6-9,11-12,16H2. The third-order valence-electron chi connectivity index (χ3n) is 2.88. The smallest absolute Gasteiger partial charge is 0.307 e. The van der Waals surface area contributed by atoms with Gasteiger partial charge in [-0.25, -0.2) is 0 Å². The van der Waals surface area contributed by atoms with Crippen LogP contribution in [-0.4, -0.2) is 30.8 Å². The van der Waals surface area contributed by atoms with Gasteiger partial charge in [0, 0.05) is 26.2 Å². The molecule has 0 heterocycles. The molecule has 0 aliphatic rings. The van der Waals surface area contributed by atoms with Gasteiger partial charge in [0.1, 0.15) is 0 Å². The Morgan fingerprint density at radius 1 is 1.30 bits per heavy atom. The van der Waals surface area contributed by atoms with Gasteiger partial charge >= 0.3 is 5.97 Å². The summed E-state index contributed by atoms with van der Waals surface area (Å²) < 4.78 is 5.03. The number of carbonyl (C=O) groups is 1. The number of aliphatic hydroxyl groups is 1.